The third kappa shape index (κ3) is 5.32. The van der Waals surface area contributed by atoms with Crippen LogP contribution in [0.5, 0.6) is 0 Å². The van der Waals surface area contributed by atoms with Gasteiger partial charge in [-0.05, 0) is 47.9 Å². The highest BCUT2D eigenvalue weighted by Gasteiger charge is 2.34. The second-order valence-electron chi connectivity index (χ2n) is 9.67. The third-order valence-corrected chi connectivity index (χ3v) is 7.27. The number of carboxylic acid groups (broad SMARTS) is 1. The van der Waals surface area contributed by atoms with Gasteiger partial charge in [0.05, 0.1) is 6.42 Å². The van der Waals surface area contributed by atoms with E-state index in [1.54, 1.807) is 0 Å². The van der Waals surface area contributed by atoms with Crippen LogP contribution < -0.4 is 10.6 Å². The van der Waals surface area contributed by atoms with Crippen LogP contribution in [0.25, 0.3) is 11.1 Å². The number of hydrogen-bond donors (Lipinski definition) is 3. The van der Waals surface area contributed by atoms with Crippen molar-refractivity contribution in [3.05, 3.63) is 59.7 Å². The summed E-state index contributed by atoms with van der Waals surface area (Å²) in [6.45, 7) is 1.96. The van der Waals surface area contributed by atoms with Crippen LogP contribution in [0.2, 0.25) is 0 Å². The van der Waals surface area contributed by atoms with Crippen LogP contribution >= 0.6 is 0 Å². The summed E-state index contributed by atoms with van der Waals surface area (Å²) < 4.78 is 5.51. The number of fused-ring (bicyclic) bond motifs is 3. The summed E-state index contributed by atoms with van der Waals surface area (Å²) >= 11 is 0. The van der Waals surface area contributed by atoms with E-state index in [4.69, 9.17) is 4.74 Å². The van der Waals surface area contributed by atoms with Crippen molar-refractivity contribution in [1.29, 1.82) is 0 Å². The second kappa shape index (κ2) is 10.1. The van der Waals surface area contributed by atoms with Gasteiger partial charge in [0.25, 0.3) is 0 Å². The maximum Gasteiger partial charge on any atom is 0.407 e. The van der Waals surface area contributed by atoms with Crippen LogP contribution in [0.1, 0.15) is 49.1 Å². The molecule has 2 aromatic rings. The number of alkyl carbamates (subject to hydrolysis) is 1. The van der Waals surface area contributed by atoms with E-state index >= 15 is 0 Å². The quantitative estimate of drug-likeness (QED) is 0.539. The van der Waals surface area contributed by atoms with Gasteiger partial charge in [-0.15, -0.1) is 0 Å². The number of ether oxygens (including phenoxy) is 1. The number of piperidine rings is 1. The van der Waals surface area contributed by atoms with Crippen LogP contribution in [-0.2, 0) is 14.3 Å². The molecule has 1 heterocycles. The Balaban J connectivity index is 1.18. The van der Waals surface area contributed by atoms with Gasteiger partial charge in [0.2, 0.25) is 5.91 Å². The van der Waals surface area contributed by atoms with Gasteiger partial charge in [0.1, 0.15) is 12.6 Å². The minimum absolute atomic E-state index is 0.0156. The van der Waals surface area contributed by atoms with Gasteiger partial charge in [-0.3, -0.25) is 9.59 Å². The number of rotatable bonds is 8. The number of carboxylic acids is 1. The lowest BCUT2D eigenvalue weighted by molar-refractivity contribution is -0.140. The van der Waals surface area contributed by atoms with Gasteiger partial charge in [0, 0.05) is 31.1 Å². The predicted octanol–water partition coefficient (Wildman–Crippen LogP) is 3.11. The first kappa shape index (κ1) is 23.4. The molecule has 2 aromatic carbocycles. The molecule has 5 rings (SSSR count). The molecule has 35 heavy (non-hydrogen) atoms. The van der Waals surface area contributed by atoms with Crippen LogP contribution in [0, 0.1) is 0 Å². The average molecular weight is 478 g/mol. The molecule has 0 aromatic heterocycles. The number of nitrogens with zero attached hydrogens (tertiary/aromatic N) is 1. The summed E-state index contributed by atoms with van der Waals surface area (Å²) in [5.41, 5.74) is 4.40. The SMILES string of the molecule is O=C(O)CC(NC(=O)OCC1c2ccccc2-c2ccccc21)C(=O)NC1CCN(C2CC2)CC1. The largest absolute Gasteiger partial charge is 0.481 e. The molecular weight excluding hydrogens is 446 g/mol. The predicted molar refractivity (Wildman–Crippen MR) is 130 cm³/mol. The molecule has 3 aliphatic rings. The van der Waals surface area contributed by atoms with Crippen LogP contribution in [0.3, 0.4) is 0 Å². The van der Waals surface area contributed by atoms with E-state index in [9.17, 15) is 19.5 Å². The van der Waals surface area contributed by atoms with E-state index in [2.05, 4.69) is 27.7 Å². The molecule has 2 aliphatic carbocycles. The van der Waals surface area contributed by atoms with Crippen molar-refractivity contribution >= 4 is 18.0 Å². The summed E-state index contributed by atoms with van der Waals surface area (Å²) in [4.78, 5) is 39.3. The van der Waals surface area contributed by atoms with Crippen LogP contribution in [-0.4, -0.2) is 65.8 Å². The Morgan fingerprint density at radius 3 is 2.11 bits per heavy atom. The van der Waals surface area contributed by atoms with Gasteiger partial charge < -0.3 is 25.4 Å². The first-order valence-electron chi connectivity index (χ1n) is 12.4. The van der Waals surface area contributed by atoms with Gasteiger partial charge in [0.15, 0.2) is 0 Å². The fraction of sp³-hybridized carbons (Fsp3) is 0.444. The van der Waals surface area contributed by atoms with Crippen molar-refractivity contribution in [2.24, 2.45) is 0 Å². The molecule has 0 radical (unpaired) electrons. The summed E-state index contributed by atoms with van der Waals surface area (Å²) in [7, 11) is 0. The lowest BCUT2D eigenvalue weighted by Crippen LogP contribution is -2.53. The Kier molecular flexibility index (Phi) is 6.72. The highest BCUT2D eigenvalue weighted by Crippen LogP contribution is 2.44. The fourth-order valence-corrected chi connectivity index (χ4v) is 5.32. The Morgan fingerprint density at radius 2 is 1.54 bits per heavy atom. The molecule has 2 amide bonds. The molecule has 2 fully saturated rings. The van der Waals surface area contributed by atoms with Crippen molar-refractivity contribution in [3.63, 3.8) is 0 Å². The van der Waals surface area contributed by atoms with E-state index in [0.717, 1.165) is 48.2 Å². The number of carbonyl (C=O) groups is 3. The summed E-state index contributed by atoms with van der Waals surface area (Å²) in [6, 6.07) is 15.5. The molecule has 184 valence electrons. The monoisotopic (exact) mass is 477 g/mol. The first-order chi connectivity index (χ1) is 17.0. The fourth-order valence-electron chi connectivity index (χ4n) is 5.32. The third-order valence-electron chi connectivity index (χ3n) is 7.27. The van der Waals surface area contributed by atoms with Gasteiger partial charge >= 0.3 is 12.1 Å². The molecule has 1 aliphatic heterocycles. The highest BCUT2D eigenvalue weighted by molar-refractivity contribution is 5.89. The minimum Gasteiger partial charge on any atom is -0.481 e. The maximum absolute atomic E-state index is 12.8. The van der Waals surface area contributed by atoms with Crippen molar-refractivity contribution in [1.82, 2.24) is 15.5 Å². The molecule has 1 saturated heterocycles. The summed E-state index contributed by atoms with van der Waals surface area (Å²) in [5.74, 6) is -1.75. The molecule has 0 spiro atoms. The number of nitrogens with one attached hydrogen (secondary N) is 2. The number of amides is 2. The molecule has 1 unspecified atom stereocenters. The zero-order valence-corrected chi connectivity index (χ0v) is 19.6. The molecule has 0 bridgehead atoms. The Hall–Kier alpha value is -3.39. The number of likely N-dealkylation sites (tertiary alicyclic amines) is 1. The van der Waals surface area contributed by atoms with Gasteiger partial charge in [-0.2, -0.15) is 0 Å². The zero-order valence-electron chi connectivity index (χ0n) is 19.6. The standard InChI is InChI=1S/C27H31N3O5/c31-25(32)15-24(26(33)28-17-11-13-30(14-12-17)18-9-10-18)29-27(34)35-16-23-21-7-3-1-5-19(21)20-6-2-4-8-22(20)23/h1-8,17-18,23-24H,9-16H2,(H,28,33)(H,29,34)(H,31,32). The van der Waals surface area contributed by atoms with Gasteiger partial charge in [-0.25, -0.2) is 4.79 Å². The van der Waals surface area contributed by atoms with Crippen molar-refractivity contribution in [3.8, 4) is 11.1 Å². The number of hydrogen-bond acceptors (Lipinski definition) is 5. The van der Waals surface area contributed by atoms with E-state index < -0.39 is 30.4 Å². The average Bonchev–Trinajstić information content (AvgIpc) is 3.65. The van der Waals surface area contributed by atoms with Crippen LogP contribution in [0.15, 0.2) is 48.5 Å². The number of aliphatic carboxylic acids is 1. The smallest absolute Gasteiger partial charge is 0.407 e. The molecule has 1 saturated carbocycles. The first-order valence-corrected chi connectivity index (χ1v) is 12.4. The Morgan fingerprint density at radius 1 is 0.943 bits per heavy atom. The lowest BCUT2D eigenvalue weighted by atomic mass is 9.98. The van der Waals surface area contributed by atoms with Gasteiger partial charge in [-0.1, -0.05) is 48.5 Å². The Bertz CT molecular complexity index is 1060. The minimum atomic E-state index is -1.19. The second-order valence-corrected chi connectivity index (χ2v) is 9.67. The topological polar surface area (TPSA) is 108 Å². The number of carbonyl (C=O) groups excluding carboxylic acids is 2. The summed E-state index contributed by atoms with van der Waals surface area (Å²) in [6.07, 6.45) is 2.86. The zero-order chi connectivity index (χ0) is 24.4. The molecule has 8 nitrogen and oxygen atoms in total. The van der Waals surface area contributed by atoms with E-state index in [1.807, 2.05) is 36.4 Å². The Labute approximate surface area is 204 Å². The molecule has 1 atom stereocenters. The lowest BCUT2D eigenvalue weighted by Gasteiger charge is -2.33. The maximum atomic E-state index is 12.8. The van der Waals surface area contributed by atoms with E-state index in [-0.39, 0.29) is 18.6 Å². The molecular formula is C27H31N3O5. The summed E-state index contributed by atoms with van der Waals surface area (Å²) in [5, 5.41) is 14.7. The van der Waals surface area contributed by atoms with Crippen molar-refractivity contribution in [2.45, 2.75) is 56.1 Å². The number of benzene rings is 2. The van der Waals surface area contributed by atoms with Crippen molar-refractivity contribution in [2.75, 3.05) is 19.7 Å². The van der Waals surface area contributed by atoms with Crippen LogP contribution in [0.4, 0.5) is 4.79 Å². The molecule has 3 N–H and O–H groups in total. The van der Waals surface area contributed by atoms with Crippen molar-refractivity contribution < 1.29 is 24.2 Å². The van der Waals surface area contributed by atoms with E-state index in [0.29, 0.717) is 6.04 Å². The van der Waals surface area contributed by atoms with E-state index in [1.165, 1.54) is 12.8 Å². The normalized spacial score (nSPS) is 18.9. The highest BCUT2D eigenvalue weighted by atomic mass is 16.5. The molecule has 8 heteroatoms.